The van der Waals surface area contributed by atoms with E-state index >= 15 is 0 Å². The Balaban J connectivity index is 1.34. The van der Waals surface area contributed by atoms with Gasteiger partial charge in [-0.3, -0.25) is 9.78 Å². The standard InChI is InChI=1S/C26H26N2O5/c29-26(21-7-8-24-25(13-21)33-18-32-24)28(15-22-5-1-2-10-27-22)14-19-4-3-6-23(12-19)31-17-20-9-11-30-16-20/h1-8,10,12-13,20H,9,11,14-18H2/t20-/m1/s1. The maximum atomic E-state index is 13.5. The van der Waals surface area contributed by atoms with Crippen molar-refractivity contribution in [2.75, 3.05) is 26.6 Å². The Kier molecular flexibility index (Phi) is 6.39. The topological polar surface area (TPSA) is 70.1 Å². The molecule has 1 atom stereocenters. The van der Waals surface area contributed by atoms with Crippen molar-refractivity contribution in [3.05, 3.63) is 83.7 Å². The molecular formula is C26H26N2O5. The number of pyridine rings is 1. The normalized spacial score (nSPS) is 16.5. The van der Waals surface area contributed by atoms with Crippen LogP contribution in [0.15, 0.2) is 66.9 Å². The molecule has 3 heterocycles. The number of fused-ring (bicyclic) bond motifs is 1. The second-order valence-electron chi connectivity index (χ2n) is 8.24. The van der Waals surface area contributed by atoms with Crippen LogP contribution in [0, 0.1) is 5.92 Å². The van der Waals surface area contributed by atoms with Crippen LogP contribution in [-0.2, 0) is 17.8 Å². The first-order valence-electron chi connectivity index (χ1n) is 11.1. The fourth-order valence-electron chi connectivity index (χ4n) is 3.98. The minimum Gasteiger partial charge on any atom is -0.493 e. The van der Waals surface area contributed by atoms with Gasteiger partial charge in [0.2, 0.25) is 6.79 Å². The van der Waals surface area contributed by atoms with Crippen molar-refractivity contribution in [1.82, 2.24) is 9.88 Å². The van der Waals surface area contributed by atoms with Crippen LogP contribution in [0.5, 0.6) is 17.2 Å². The lowest BCUT2D eigenvalue weighted by molar-refractivity contribution is 0.0727. The van der Waals surface area contributed by atoms with Crippen LogP contribution in [-0.4, -0.2) is 42.4 Å². The highest BCUT2D eigenvalue weighted by Crippen LogP contribution is 2.33. The van der Waals surface area contributed by atoms with Gasteiger partial charge in [-0.2, -0.15) is 0 Å². The summed E-state index contributed by atoms with van der Waals surface area (Å²) in [6.45, 7) is 3.17. The highest BCUT2D eigenvalue weighted by molar-refractivity contribution is 5.95. The van der Waals surface area contributed by atoms with Gasteiger partial charge in [-0.05, 0) is 54.4 Å². The van der Waals surface area contributed by atoms with E-state index in [4.69, 9.17) is 18.9 Å². The summed E-state index contributed by atoms with van der Waals surface area (Å²) in [6.07, 6.45) is 2.77. The second-order valence-corrected chi connectivity index (χ2v) is 8.24. The highest BCUT2D eigenvalue weighted by Gasteiger charge is 2.22. The molecule has 0 spiro atoms. The van der Waals surface area contributed by atoms with Gasteiger partial charge in [0, 0.05) is 30.8 Å². The molecule has 1 saturated heterocycles. The van der Waals surface area contributed by atoms with E-state index < -0.39 is 0 Å². The van der Waals surface area contributed by atoms with Crippen LogP contribution in [0.2, 0.25) is 0 Å². The minimum atomic E-state index is -0.103. The molecule has 0 aliphatic carbocycles. The van der Waals surface area contributed by atoms with Gasteiger partial charge in [0.25, 0.3) is 5.91 Å². The predicted octanol–water partition coefficient (Wildman–Crippen LogP) is 4.07. The molecule has 0 bridgehead atoms. The molecule has 5 rings (SSSR count). The summed E-state index contributed by atoms with van der Waals surface area (Å²) in [6, 6.07) is 18.9. The molecule has 0 saturated carbocycles. The molecule has 3 aromatic rings. The van der Waals surface area contributed by atoms with Crippen molar-refractivity contribution in [3.63, 3.8) is 0 Å². The van der Waals surface area contributed by atoms with Crippen molar-refractivity contribution in [1.29, 1.82) is 0 Å². The summed E-state index contributed by atoms with van der Waals surface area (Å²) < 4.78 is 22.3. The van der Waals surface area contributed by atoms with Gasteiger partial charge >= 0.3 is 0 Å². The molecule has 7 nitrogen and oxygen atoms in total. The number of carbonyl (C=O) groups excluding carboxylic acids is 1. The predicted molar refractivity (Wildman–Crippen MR) is 121 cm³/mol. The Hall–Kier alpha value is -3.58. The Morgan fingerprint density at radius 2 is 1.97 bits per heavy atom. The van der Waals surface area contributed by atoms with Gasteiger partial charge in [0.15, 0.2) is 11.5 Å². The zero-order valence-corrected chi connectivity index (χ0v) is 18.3. The van der Waals surface area contributed by atoms with E-state index in [0.29, 0.717) is 42.7 Å². The first-order valence-corrected chi connectivity index (χ1v) is 11.1. The maximum absolute atomic E-state index is 13.5. The fourth-order valence-corrected chi connectivity index (χ4v) is 3.98. The molecule has 2 aliphatic heterocycles. The lowest BCUT2D eigenvalue weighted by atomic mass is 10.1. The number of nitrogens with zero attached hydrogens (tertiary/aromatic N) is 2. The maximum Gasteiger partial charge on any atom is 0.254 e. The second kappa shape index (κ2) is 9.92. The largest absolute Gasteiger partial charge is 0.493 e. The average Bonchev–Trinajstić information content (AvgIpc) is 3.54. The van der Waals surface area contributed by atoms with E-state index in [0.717, 1.165) is 36.6 Å². The number of aromatic nitrogens is 1. The molecule has 1 amide bonds. The monoisotopic (exact) mass is 446 g/mol. The third kappa shape index (κ3) is 5.26. The Morgan fingerprint density at radius 1 is 1.03 bits per heavy atom. The van der Waals surface area contributed by atoms with Gasteiger partial charge in [-0.15, -0.1) is 0 Å². The summed E-state index contributed by atoms with van der Waals surface area (Å²) >= 11 is 0. The molecule has 1 aromatic heterocycles. The summed E-state index contributed by atoms with van der Waals surface area (Å²) in [7, 11) is 0. The smallest absolute Gasteiger partial charge is 0.254 e. The van der Waals surface area contributed by atoms with Crippen LogP contribution in [0.3, 0.4) is 0 Å². The Morgan fingerprint density at radius 3 is 2.82 bits per heavy atom. The first kappa shape index (κ1) is 21.3. The highest BCUT2D eigenvalue weighted by atomic mass is 16.7. The van der Waals surface area contributed by atoms with Crippen molar-refractivity contribution in [3.8, 4) is 17.2 Å². The number of hydrogen-bond acceptors (Lipinski definition) is 6. The zero-order chi connectivity index (χ0) is 22.5. The van der Waals surface area contributed by atoms with Crippen molar-refractivity contribution in [2.24, 2.45) is 5.92 Å². The minimum absolute atomic E-state index is 0.103. The molecule has 0 radical (unpaired) electrons. The number of rotatable bonds is 8. The van der Waals surface area contributed by atoms with E-state index in [9.17, 15) is 4.79 Å². The zero-order valence-electron chi connectivity index (χ0n) is 18.3. The number of ether oxygens (including phenoxy) is 4. The van der Waals surface area contributed by atoms with Crippen LogP contribution in [0.1, 0.15) is 28.0 Å². The average molecular weight is 447 g/mol. The van der Waals surface area contributed by atoms with E-state index in [2.05, 4.69) is 4.98 Å². The quantitative estimate of drug-likeness (QED) is 0.520. The van der Waals surface area contributed by atoms with Crippen molar-refractivity contribution in [2.45, 2.75) is 19.5 Å². The summed E-state index contributed by atoms with van der Waals surface area (Å²) in [4.78, 5) is 19.7. The molecule has 33 heavy (non-hydrogen) atoms. The molecule has 170 valence electrons. The van der Waals surface area contributed by atoms with Gasteiger partial charge in [0.1, 0.15) is 5.75 Å². The van der Waals surface area contributed by atoms with Gasteiger partial charge in [-0.1, -0.05) is 18.2 Å². The van der Waals surface area contributed by atoms with Gasteiger partial charge < -0.3 is 23.8 Å². The van der Waals surface area contributed by atoms with Gasteiger partial charge in [-0.25, -0.2) is 0 Å². The van der Waals surface area contributed by atoms with E-state index in [1.165, 1.54) is 0 Å². The Bertz CT molecular complexity index is 1100. The van der Waals surface area contributed by atoms with Gasteiger partial charge in [0.05, 0.1) is 25.5 Å². The SMILES string of the molecule is O=C(c1ccc2c(c1)OCO2)N(Cc1cccc(OC[C@@H]2CCOC2)c1)Cc1ccccn1. The van der Waals surface area contributed by atoms with Crippen molar-refractivity contribution < 1.29 is 23.7 Å². The third-order valence-electron chi connectivity index (χ3n) is 5.77. The van der Waals surface area contributed by atoms with Crippen LogP contribution in [0.25, 0.3) is 0 Å². The van der Waals surface area contributed by atoms with Crippen molar-refractivity contribution >= 4 is 5.91 Å². The van der Waals surface area contributed by atoms with Crippen LogP contribution in [0.4, 0.5) is 0 Å². The van der Waals surface area contributed by atoms with Crippen LogP contribution < -0.4 is 14.2 Å². The molecule has 2 aliphatic rings. The van der Waals surface area contributed by atoms with E-state index in [-0.39, 0.29) is 12.7 Å². The molecule has 0 unspecified atom stereocenters. The number of benzene rings is 2. The third-order valence-corrected chi connectivity index (χ3v) is 5.77. The fraction of sp³-hybridized carbons (Fsp3) is 0.308. The summed E-state index contributed by atoms with van der Waals surface area (Å²) in [5.41, 5.74) is 2.35. The molecule has 2 aromatic carbocycles. The lowest BCUT2D eigenvalue weighted by Crippen LogP contribution is -2.30. The number of amides is 1. The first-order chi connectivity index (χ1) is 16.2. The molecule has 1 fully saturated rings. The van der Waals surface area contributed by atoms with E-state index in [1.54, 1.807) is 29.3 Å². The van der Waals surface area contributed by atoms with E-state index in [1.807, 2.05) is 42.5 Å². The summed E-state index contributed by atoms with van der Waals surface area (Å²) in [5, 5.41) is 0. The number of hydrogen-bond donors (Lipinski definition) is 0. The van der Waals surface area contributed by atoms with Crippen LogP contribution >= 0.6 is 0 Å². The lowest BCUT2D eigenvalue weighted by Gasteiger charge is -2.23. The Labute approximate surface area is 192 Å². The molecule has 0 N–H and O–H groups in total. The number of carbonyl (C=O) groups is 1. The molecule has 7 heteroatoms. The molecular weight excluding hydrogens is 420 g/mol. The summed E-state index contributed by atoms with van der Waals surface area (Å²) in [5.74, 6) is 2.37.